The van der Waals surface area contributed by atoms with Crippen LogP contribution >= 0.6 is 23.2 Å². The molecule has 0 fully saturated rings. The van der Waals surface area contributed by atoms with E-state index in [0.717, 1.165) is 27.6 Å². The summed E-state index contributed by atoms with van der Waals surface area (Å²) in [4.78, 5) is 27.2. The highest BCUT2D eigenvalue weighted by Gasteiger charge is 2.29. The molecule has 2 amide bonds. The van der Waals surface area contributed by atoms with Gasteiger partial charge in [-0.1, -0.05) is 65.7 Å². The molecule has 1 aliphatic rings. The Balaban J connectivity index is 1.29. The van der Waals surface area contributed by atoms with Crippen molar-refractivity contribution in [2.45, 2.75) is 6.54 Å². The zero-order chi connectivity index (χ0) is 22.9. The summed E-state index contributed by atoms with van der Waals surface area (Å²) >= 11 is 12.2. The van der Waals surface area contributed by atoms with Gasteiger partial charge < -0.3 is 4.90 Å². The van der Waals surface area contributed by atoms with Gasteiger partial charge >= 0.3 is 0 Å². The van der Waals surface area contributed by atoms with Crippen molar-refractivity contribution in [2.75, 3.05) is 4.90 Å². The highest BCUT2D eigenvalue weighted by Crippen LogP contribution is 2.38. The zero-order valence-electron chi connectivity index (χ0n) is 17.3. The van der Waals surface area contributed by atoms with E-state index in [1.54, 1.807) is 35.2 Å². The summed E-state index contributed by atoms with van der Waals surface area (Å²) < 4.78 is 0. The number of carbonyl (C=O) groups excluding carboxylic acids is 2. The van der Waals surface area contributed by atoms with Crippen molar-refractivity contribution in [3.63, 3.8) is 0 Å². The molecule has 0 unspecified atom stereocenters. The second-order valence-corrected chi connectivity index (χ2v) is 8.42. The Morgan fingerprint density at radius 3 is 2.30 bits per heavy atom. The second-order valence-electron chi connectivity index (χ2n) is 7.60. The van der Waals surface area contributed by atoms with E-state index in [0.29, 0.717) is 27.7 Å². The molecule has 1 heterocycles. The summed E-state index contributed by atoms with van der Waals surface area (Å²) in [5, 5.41) is 6.87. The fraction of sp³-hybridized carbons (Fsp3) is 0.0385. The SMILES string of the molecule is O=C(NN=Cc1c(Cl)cccc1Cl)c1ccc(CN2C(=O)c3cccc4cccc2c34)cc1. The van der Waals surface area contributed by atoms with Crippen LogP contribution in [0.1, 0.15) is 31.8 Å². The van der Waals surface area contributed by atoms with Crippen molar-refractivity contribution in [2.24, 2.45) is 5.10 Å². The Morgan fingerprint density at radius 2 is 1.58 bits per heavy atom. The molecule has 33 heavy (non-hydrogen) atoms. The molecule has 0 aromatic heterocycles. The van der Waals surface area contributed by atoms with Gasteiger partial charge in [-0.15, -0.1) is 0 Å². The van der Waals surface area contributed by atoms with E-state index in [1.807, 2.05) is 48.5 Å². The molecule has 4 aromatic carbocycles. The average molecular weight is 474 g/mol. The van der Waals surface area contributed by atoms with Gasteiger partial charge in [-0.2, -0.15) is 5.10 Å². The lowest BCUT2D eigenvalue weighted by molar-refractivity contribution is 0.0953. The van der Waals surface area contributed by atoms with Crippen LogP contribution in [0.5, 0.6) is 0 Å². The van der Waals surface area contributed by atoms with E-state index in [-0.39, 0.29) is 11.8 Å². The maximum Gasteiger partial charge on any atom is 0.271 e. The Hall–Kier alpha value is -3.67. The first kappa shape index (κ1) is 21.2. The maximum atomic E-state index is 13.0. The first-order chi connectivity index (χ1) is 16.0. The van der Waals surface area contributed by atoms with Crippen molar-refractivity contribution >= 4 is 57.7 Å². The van der Waals surface area contributed by atoms with E-state index < -0.39 is 0 Å². The van der Waals surface area contributed by atoms with Gasteiger partial charge in [-0.05, 0) is 47.3 Å². The quantitative estimate of drug-likeness (QED) is 0.282. The van der Waals surface area contributed by atoms with Crippen LogP contribution in [0.25, 0.3) is 10.8 Å². The predicted molar refractivity (Wildman–Crippen MR) is 132 cm³/mol. The molecule has 4 aromatic rings. The van der Waals surface area contributed by atoms with E-state index in [1.165, 1.54) is 6.21 Å². The molecule has 5 rings (SSSR count). The number of nitrogens with zero attached hydrogens (tertiary/aromatic N) is 2. The number of hydrazone groups is 1. The Bertz CT molecular complexity index is 1410. The minimum absolute atomic E-state index is 0.0174. The molecule has 0 atom stereocenters. The third-order valence-electron chi connectivity index (χ3n) is 5.57. The average Bonchev–Trinajstić information content (AvgIpc) is 3.09. The van der Waals surface area contributed by atoms with Crippen LogP contribution in [0.4, 0.5) is 5.69 Å². The Kier molecular flexibility index (Phi) is 5.58. The molecule has 0 spiro atoms. The van der Waals surface area contributed by atoms with Crippen LogP contribution in [0, 0.1) is 0 Å². The number of halogens is 2. The van der Waals surface area contributed by atoms with Crippen molar-refractivity contribution in [1.29, 1.82) is 0 Å². The van der Waals surface area contributed by atoms with Crippen LogP contribution in [0.2, 0.25) is 10.0 Å². The number of rotatable bonds is 5. The first-order valence-corrected chi connectivity index (χ1v) is 11.0. The lowest BCUT2D eigenvalue weighted by atomic mass is 10.1. The number of hydrogen-bond acceptors (Lipinski definition) is 3. The zero-order valence-corrected chi connectivity index (χ0v) is 18.8. The fourth-order valence-electron chi connectivity index (χ4n) is 3.93. The fourth-order valence-corrected chi connectivity index (χ4v) is 4.43. The largest absolute Gasteiger partial charge is 0.303 e. The van der Waals surface area contributed by atoms with Gasteiger partial charge in [0.05, 0.1) is 28.5 Å². The lowest BCUT2D eigenvalue weighted by Gasteiger charge is -2.18. The third-order valence-corrected chi connectivity index (χ3v) is 6.22. The van der Waals surface area contributed by atoms with Gasteiger partial charge in [0.2, 0.25) is 0 Å². The smallest absolute Gasteiger partial charge is 0.271 e. The topological polar surface area (TPSA) is 61.8 Å². The Labute approximate surface area is 200 Å². The standard InChI is InChI=1S/C26H17Cl2N3O2/c27-21-7-3-8-22(28)20(21)14-29-30-25(32)18-12-10-16(11-13-18)15-31-23-9-2-5-17-4-1-6-19(24(17)23)26(31)33/h1-14H,15H2,(H,30,32). The summed E-state index contributed by atoms with van der Waals surface area (Å²) in [6.45, 7) is 0.414. The molecule has 162 valence electrons. The molecule has 0 radical (unpaired) electrons. The Morgan fingerprint density at radius 1 is 0.909 bits per heavy atom. The van der Waals surface area contributed by atoms with Crippen LogP contribution in [-0.4, -0.2) is 18.0 Å². The number of anilines is 1. The minimum atomic E-state index is -0.365. The number of carbonyl (C=O) groups is 2. The van der Waals surface area contributed by atoms with E-state index in [2.05, 4.69) is 10.5 Å². The van der Waals surface area contributed by atoms with Gasteiger partial charge in [0.25, 0.3) is 11.8 Å². The molecule has 0 bridgehead atoms. The summed E-state index contributed by atoms with van der Waals surface area (Å²) in [6, 6.07) is 23.9. The van der Waals surface area contributed by atoms with Crippen LogP contribution in [-0.2, 0) is 6.54 Å². The van der Waals surface area contributed by atoms with Crippen molar-refractivity contribution in [3.05, 3.63) is 111 Å². The third kappa shape index (κ3) is 3.97. The molecule has 1 N–H and O–H groups in total. The normalized spacial score (nSPS) is 12.7. The first-order valence-electron chi connectivity index (χ1n) is 10.2. The van der Waals surface area contributed by atoms with E-state index in [4.69, 9.17) is 23.2 Å². The van der Waals surface area contributed by atoms with E-state index >= 15 is 0 Å². The van der Waals surface area contributed by atoms with Crippen molar-refractivity contribution in [3.8, 4) is 0 Å². The molecule has 5 nitrogen and oxygen atoms in total. The summed E-state index contributed by atoms with van der Waals surface area (Å²) in [6.07, 6.45) is 1.41. The molecule has 0 saturated carbocycles. The van der Waals surface area contributed by atoms with Gasteiger partial charge in [0, 0.05) is 22.1 Å². The highest BCUT2D eigenvalue weighted by atomic mass is 35.5. The molecular formula is C26H17Cl2N3O2. The van der Waals surface area contributed by atoms with Crippen LogP contribution < -0.4 is 10.3 Å². The molecular weight excluding hydrogens is 457 g/mol. The minimum Gasteiger partial charge on any atom is -0.303 e. The second kappa shape index (κ2) is 8.70. The van der Waals surface area contributed by atoms with Crippen LogP contribution in [0.15, 0.2) is 84.0 Å². The summed E-state index contributed by atoms with van der Waals surface area (Å²) in [5.41, 5.74) is 5.99. The van der Waals surface area contributed by atoms with Gasteiger partial charge in [0.1, 0.15) is 0 Å². The number of benzene rings is 4. The van der Waals surface area contributed by atoms with Crippen molar-refractivity contribution in [1.82, 2.24) is 5.43 Å². The number of nitrogens with one attached hydrogen (secondary N) is 1. The highest BCUT2D eigenvalue weighted by molar-refractivity contribution is 6.38. The number of amides is 2. The summed E-state index contributed by atoms with van der Waals surface area (Å²) in [5.74, 6) is -0.383. The van der Waals surface area contributed by atoms with E-state index in [9.17, 15) is 9.59 Å². The lowest BCUT2D eigenvalue weighted by Crippen LogP contribution is -2.26. The number of hydrogen-bond donors (Lipinski definition) is 1. The molecule has 0 aliphatic carbocycles. The van der Waals surface area contributed by atoms with Crippen LogP contribution in [0.3, 0.4) is 0 Å². The molecule has 0 saturated heterocycles. The monoisotopic (exact) mass is 473 g/mol. The predicted octanol–water partition coefficient (Wildman–Crippen LogP) is 6.07. The molecule has 1 aliphatic heterocycles. The van der Waals surface area contributed by atoms with Gasteiger partial charge in [-0.3, -0.25) is 9.59 Å². The molecule has 7 heteroatoms. The summed E-state index contributed by atoms with van der Waals surface area (Å²) in [7, 11) is 0. The van der Waals surface area contributed by atoms with Crippen molar-refractivity contribution < 1.29 is 9.59 Å². The maximum absolute atomic E-state index is 13.0. The van der Waals surface area contributed by atoms with Gasteiger partial charge in [-0.25, -0.2) is 5.43 Å². The van der Waals surface area contributed by atoms with Gasteiger partial charge in [0.15, 0.2) is 0 Å².